The summed E-state index contributed by atoms with van der Waals surface area (Å²) in [5.41, 5.74) is 4.67. The zero-order valence-corrected chi connectivity index (χ0v) is 18.5. The fourth-order valence-electron chi connectivity index (χ4n) is 3.85. The highest BCUT2D eigenvalue weighted by molar-refractivity contribution is 5.93. The van der Waals surface area contributed by atoms with Crippen LogP contribution in [0.2, 0.25) is 0 Å². The second kappa shape index (κ2) is 8.94. The number of fused-ring (bicyclic) bond motifs is 1. The largest absolute Gasteiger partial charge is 0.497 e. The quantitative estimate of drug-likeness (QED) is 0.625. The molecule has 1 amide bonds. The van der Waals surface area contributed by atoms with E-state index in [2.05, 4.69) is 48.4 Å². The Kier molecular flexibility index (Phi) is 6.09. The zero-order chi connectivity index (χ0) is 22.0. The molecule has 4 rings (SSSR count). The van der Waals surface area contributed by atoms with Gasteiger partial charge in [0.25, 0.3) is 5.91 Å². The zero-order valence-electron chi connectivity index (χ0n) is 18.5. The van der Waals surface area contributed by atoms with Gasteiger partial charge in [0.2, 0.25) is 0 Å². The van der Waals surface area contributed by atoms with E-state index >= 15 is 0 Å². The summed E-state index contributed by atoms with van der Waals surface area (Å²) in [5.74, 6) is 1.12. The predicted molar refractivity (Wildman–Crippen MR) is 119 cm³/mol. The maximum absolute atomic E-state index is 12.9. The summed E-state index contributed by atoms with van der Waals surface area (Å²) in [7, 11) is 1.65. The van der Waals surface area contributed by atoms with Crippen molar-refractivity contribution in [1.29, 1.82) is 0 Å². The van der Waals surface area contributed by atoms with Crippen molar-refractivity contribution >= 4 is 5.91 Å². The number of benzene rings is 2. The number of carbonyl (C=O) groups excluding carboxylic acids is 1. The van der Waals surface area contributed by atoms with Crippen molar-refractivity contribution in [2.24, 2.45) is 0 Å². The Bertz CT molecular complexity index is 1040. The van der Waals surface area contributed by atoms with Gasteiger partial charge in [0.05, 0.1) is 38.3 Å². The molecule has 0 fully saturated rings. The third-order valence-corrected chi connectivity index (χ3v) is 5.88. The number of rotatable bonds is 6. The molecule has 0 saturated heterocycles. The van der Waals surface area contributed by atoms with Crippen LogP contribution in [0.4, 0.5) is 0 Å². The third-order valence-electron chi connectivity index (χ3n) is 5.88. The highest BCUT2D eigenvalue weighted by Crippen LogP contribution is 2.29. The number of hydrogen-bond acceptors (Lipinski definition) is 4. The molecule has 0 bridgehead atoms. The third kappa shape index (κ3) is 4.49. The minimum absolute atomic E-state index is 0.0816. The molecule has 0 spiro atoms. The molecule has 1 aliphatic rings. The summed E-state index contributed by atoms with van der Waals surface area (Å²) >= 11 is 0. The summed E-state index contributed by atoms with van der Waals surface area (Å²) in [4.78, 5) is 17.3. The van der Waals surface area contributed by atoms with E-state index in [1.54, 1.807) is 13.4 Å². The SMILES string of the molecule is COc1ccc([C@H]2Cn3cnc(C(=O)N[C@@H](C)c4ccc(C(C)C)cc4)c3CO2)cc1. The van der Waals surface area contributed by atoms with Crippen LogP contribution in [0.5, 0.6) is 5.75 Å². The lowest BCUT2D eigenvalue weighted by Crippen LogP contribution is -2.29. The van der Waals surface area contributed by atoms with Crippen LogP contribution in [-0.4, -0.2) is 22.6 Å². The maximum Gasteiger partial charge on any atom is 0.272 e. The fourth-order valence-corrected chi connectivity index (χ4v) is 3.85. The Morgan fingerprint density at radius 1 is 1.10 bits per heavy atom. The molecular weight excluding hydrogens is 390 g/mol. The number of carbonyl (C=O) groups is 1. The van der Waals surface area contributed by atoms with Crippen molar-refractivity contribution in [3.63, 3.8) is 0 Å². The van der Waals surface area contributed by atoms with Crippen LogP contribution in [0.3, 0.4) is 0 Å². The summed E-state index contributed by atoms with van der Waals surface area (Å²) < 4.78 is 13.3. The van der Waals surface area contributed by atoms with Crippen molar-refractivity contribution in [2.75, 3.05) is 7.11 Å². The first-order valence-corrected chi connectivity index (χ1v) is 10.7. The summed E-state index contributed by atoms with van der Waals surface area (Å²) in [6.45, 7) is 7.29. The number of hydrogen-bond donors (Lipinski definition) is 1. The highest BCUT2D eigenvalue weighted by atomic mass is 16.5. The molecule has 31 heavy (non-hydrogen) atoms. The second-order valence-corrected chi connectivity index (χ2v) is 8.28. The van der Waals surface area contributed by atoms with Gasteiger partial charge in [0, 0.05) is 0 Å². The van der Waals surface area contributed by atoms with Crippen LogP contribution in [-0.2, 0) is 17.9 Å². The Balaban J connectivity index is 1.43. The van der Waals surface area contributed by atoms with Crippen LogP contribution >= 0.6 is 0 Å². The van der Waals surface area contributed by atoms with E-state index in [0.29, 0.717) is 24.8 Å². The van der Waals surface area contributed by atoms with Crippen LogP contribution in [0, 0.1) is 0 Å². The molecule has 1 N–H and O–H groups in total. The first kappa shape index (κ1) is 21.1. The van der Waals surface area contributed by atoms with Gasteiger partial charge in [0.15, 0.2) is 5.69 Å². The van der Waals surface area contributed by atoms with Gasteiger partial charge < -0.3 is 19.4 Å². The van der Waals surface area contributed by atoms with E-state index < -0.39 is 0 Å². The van der Waals surface area contributed by atoms with E-state index in [1.165, 1.54) is 5.56 Å². The fraction of sp³-hybridized carbons (Fsp3) is 0.360. The van der Waals surface area contributed by atoms with E-state index in [1.807, 2.05) is 35.8 Å². The Morgan fingerprint density at radius 2 is 1.77 bits per heavy atom. The van der Waals surface area contributed by atoms with Gasteiger partial charge in [0.1, 0.15) is 11.9 Å². The Morgan fingerprint density at radius 3 is 2.42 bits per heavy atom. The van der Waals surface area contributed by atoms with E-state index in [4.69, 9.17) is 9.47 Å². The normalized spacial score (nSPS) is 16.6. The lowest BCUT2D eigenvalue weighted by atomic mass is 9.99. The van der Waals surface area contributed by atoms with E-state index in [9.17, 15) is 4.79 Å². The molecule has 2 heterocycles. The predicted octanol–water partition coefficient (Wildman–Crippen LogP) is 4.78. The molecule has 3 aromatic rings. The molecule has 0 unspecified atom stereocenters. The van der Waals surface area contributed by atoms with Crippen molar-refractivity contribution < 1.29 is 14.3 Å². The van der Waals surface area contributed by atoms with Crippen LogP contribution in [0.25, 0.3) is 0 Å². The number of methoxy groups -OCH3 is 1. The van der Waals surface area contributed by atoms with Gasteiger partial charge in [-0.1, -0.05) is 50.2 Å². The highest BCUT2D eigenvalue weighted by Gasteiger charge is 2.27. The van der Waals surface area contributed by atoms with Gasteiger partial charge in [-0.15, -0.1) is 0 Å². The maximum atomic E-state index is 12.9. The number of aromatic nitrogens is 2. The molecule has 1 aromatic heterocycles. The standard InChI is InChI=1S/C25H29N3O3/c1-16(2)18-5-7-19(8-6-18)17(3)27-25(29)24-22-14-31-23(13-28(22)15-26-24)20-9-11-21(30-4)12-10-20/h5-12,15-17,23H,13-14H2,1-4H3,(H,27,29)/t17-,23+/m0/s1. The molecule has 0 saturated carbocycles. The molecular formula is C25H29N3O3. The van der Waals surface area contributed by atoms with Gasteiger partial charge in [-0.05, 0) is 41.7 Å². The molecule has 6 nitrogen and oxygen atoms in total. The monoisotopic (exact) mass is 419 g/mol. The molecule has 0 radical (unpaired) electrons. The van der Waals surface area contributed by atoms with Gasteiger partial charge in [-0.2, -0.15) is 0 Å². The van der Waals surface area contributed by atoms with Crippen molar-refractivity contribution in [1.82, 2.24) is 14.9 Å². The number of ether oxygens (including phenoxy) is 2. The molecule has 6 heteroatoms. The molecule has 162 valence electrons. The van der Waals surface area contributed by atoms with Gasteiger partial charge in [-0.3, -0.25) is 4.79 Å². The summed E-state index contributed by atoms with van der Waals surface area (Å²) in [5, 5.41) is 3.07. The topological polar surface area (TPSA) is 65.4 Å². The van der Waals surface area contributed by atoms with Crippen molar-refractivity contribution in [2.45, 2.75) is 52.0 Å². The van der Waals surface area contributed by atoms with Gasteiger partial charge in [-0.25, -0.2) is 4.98 Å². The minimum atomic E-state index is -0.180. The van der Waals surface area contributed by atoms with Crippen LogP contribution in [0.1, 0.15) is 71.7 Å². The van der Waals surface area contributed by atoms with E-state index in [-0.39, 0.29) is 18.1 Å². The summed E-state index contributed by atoms with van der Waals surface area (Å²) in [6.07, 6.45) is 1.65. The minimum Gasteiger partial charge on any atom is -0.497 e. The van der Waals surface area contributed by atoms with Crippen LogP contribution in [0.15, 0.2) is 54.9 Å². The van der Waals surface area contributed by atoms with E-state index in [0.717, 1.165) is 22.6 Å². The lowest BCUT2D eigenvalue weighted by Gasteiger charge is -2.26. The van der Waals surface area contributed by atoms with Crippen molar-refractivity contribution in [3.8, 4) is 5.75 Å². The average Bonchev–Trinajstić information content (AvgIpc) is 3.22. The van der Waals surface area contributed by atoms with Crippen molar-refractivity contribution in [3.05, 3.63) is 82.9 Å². The van der Waals surface area contributed by atoms with Crippen LogP contribution < -0.4 is 10.1 Å². The number of nitrogens with zero attached hydrogens (tertiary/aromatic N) is 2. The number of amides is 1. The Hall–Kier alpha value is -3.12. The molecule has 1 aliphatic heterocycles. The number of imidazole rings is 1. The first-order chi connectivity index (χ1) is 15.0. The van der Waals surface area contributed by atoms with Gasteiger partial charge >= 0.3 is 0 Å². The second-order valence-electron chi connectivity index (χ2n) is 8.28. The average molecular weight is 420 g/mol. The Labute approximate surface area is 183 Å². The number of nitrogens with one attached hydrogen (secondary N) is 1. The smallest absolute Gasteiger partial charge is 0.272 e. The molecule has 2 atom stereocenters. The lowest BCUT2D eigenvalue weighted by molar-refractivity contribution is 0.00254. The summed E-state index contributed by atoms with van der Waals surface area (Å²) in [6, 6.07) is 16.1. The molecule has 2 aromatic carbocycles. The first-order valence-electron chi connectivity index (χ1n) is 10.7. The molecule has 0 aliphatic carbocycles.